The zero-order valence-corrected chi connectivity index (χ0v) is 19.2. The van der Waals surface area contributed by atoms with E-state index in [4.69, 9.17) is 4.74 Å². The monoisotopic (exact) mass is 418 g/mol. The molecule has 0 unspecified atom stereocenters. The lowest BCUT2D eigenvalue weighted by molar-refractivity contribution is 0.0949. The highest BCUT2D eigenvalue weighted by atomic mass is 16.5. The topological polar surface area (TPSA) is 57.7 Å². The number of nitrogens with zero attached hydrogens (tertiary/aromatic N) is 3. The summed E-state index contributed by atoms with van der Waals surface area (Å²) >= 11 is 0. The number of carbonyl (C=O) groups is 1. The normalized spacial score (nSPS) is 15.3. The number of piperazine rings is 1. The molecular weight excluding hydrogens is 376 g/mol. The highest BCUT2D eigenvalue weighted by molar-refractivity contribution is 5.96. The SMILES string of the molecule is COc1ncccc1C(=O)NCCCCCCCCCCCCN1CCN(C)CC1. The van der Waals surface area contributed by atoms with E-state index in [0.29, 0.717) is 18.0 Å². The molecular formula is C24H42N4O2. The first-order valence-corrected chi connectivity index (χ1v) is 11.9. The van der Waals surface area contributed by atoms with Gasteiger partial charge in [0, 0.05) is 38.9 Å². The van der Waals surface area contributed by atoms with Gasteiger partial charge in [-0.3, -0.25) is 4.79 Å². The lowest BCUT2D eigenvalue weighted by Gasteiger charge is -2.32. The van der Waals surface area contributed by atoms with Crippen molar-refractivity contribution in [2.75, 3.05) is 53.4 Å². The summed E-state index contributed by atoms with van der Waals surface area (Å²) in [4.78, 5) is 21.3. The summed E-state index contributed by atoms with van der Waals surface area (Å²) in [6.45, 7) is 6.95. The molecule has 30 heavy (non-hydrogen) atoms. The van der Waals surface area contributed by atoms with Crippen molar-refractivity contribution in [1.82, 2.24) is 20.1 Å². The van der Waals surface area contributed by atoms with Crippen LogP contribution in [0.25, 0.3) is 0 Å². The summed E-state index contributed by atoms with van der Waals surface area (Å²) < 4.78 is 5.14. The molecule has 0 atom stereocenters. The maximum Gasteiger partial charge on any atom is 0.256 e. The van der Waals surface area contributed by atoms with Crippen LogP contribution in [0.2, 0.25) is 0 Å². The van der Waals surface area contributed by atoms with E-state index in [0.717, 1.165) is 6.42 Å². The zero-order chi connectivity index (χ0) is 21.4. The number of methoxy groups -OCH3 is 1. The van der Waals surface area contributed by atoms with Crippen LogP contribution in [0.5, 0.6) is 5.88 Å². The van der Waals surface area contributed by atoms with Gasteiger partial charge in [0.1, 0.15) is 5.56 Å². The van der Waals surface area contributed by atoms with Gasteiger partial charge in [0.05, 0.1) is 7.11 Å². The summed E-state index contributed by atoms with van der Waals surface area (Å²) in [7, 11) is 3.75. The zero-order valence-electron chi connectivity index (χ0n) is 19.2. The Balaban J connectivity index is 1.34. The van der Waals surface area contributed by atoms with Crippen molar-refractivity contribution < 1.29 is 9.53 Å². The van der Waals surface area contributed by atoms with Gasteiger partial charge in [-0.15, -0.1) is 0 Å². The molecule has 1 N–H and O–H groups in total. The van der Waals surface area contributed by atoms with Crippen molar-refractivity contribution in [3.8, 4) is 5.88 Å². The Morgan fingerprint density at radius 3 is 2.20 bits per heavy atom. The Hall–Kier alpha value is -1.66. The second kappa shape index (κ2) is 15.2. The minimum Gasteiger partial charge on any atom is -0.480 e. The lowest BCUT2D eigenvalue weighted by Crippen LogP contribution is -2.44. The molecule has 6 nitrogen and oxygen atoms in total. The summed E-state index contributed by atoms with van der Waals surface area (Å²) in [5.74, 6) is 0.280. The van der Waals surface area contributed by atoms with E-state index in [1.54, 1.807) is 18.3 Å². The van der Waals surface area contributed by atoms with Gasteiger partial charge in [-0.1, -0.05) is 51.4 Å². The van der Waals surface area contributed by atoms with Gasteiger partial charge >= 0.3 is 0 Å². The maximum absolute atomic E-state index is 12.2. The third-order valence-electron chi connectivity index (χ3n) is 5.99. The molecule has 1 aliphatic rings. The molecule has 0 aliphatic carbocycles. The smallest absolute Gasteiger partial charge is 0.256 e. The van der Waals surface area contributed by atoms with Crippen molar-refractivity contribution in [3.05, 3.63) is 23.9 Å². The van der Waals surface area contributed by atoms with E-state index >= 15 is 0 Å². The lowest BCUT2D eigenvalue weighted by atomic mass is 10.1. The summed E-state index contributed by atoms with van der Waals surface area (Å²) in [5, 5.41) is 2.97. The van der Waals surface area contributed by atoms with E-state index in [9.17, 15) is 4.79 Å². The molecule has 0 bridgehead atoms. The molecule has 1 aromatic heterocycles. The number of unbranched alkanes of at least 4 members (excludes halogenated alkanes) is 9. The molecule has 0 radical (unpaired) electrons. The average molecular weight is 419 g/mol. The van der Waals surface area contributed by atoms with Crippen LogP contribution in [0.1, 0.15) is 74.6 Å². The minimum absolute atomic E-state index is 0.104. The van der Waals surface area contributed by atoms with E-state index < -0.39 is 0 Å². The molecule has 170 valence electrons. The molecule has 0 aromatic carbocycles. The summed E-state index contributed by atoms with van der Waals surface area (Å²) in [6, 6.07) is 3.50. The van der Waals surface area contributed by atoms with Crippen molar-refractivity contribution >= 4 is 5.91 Å². The van der Waals surface area contributed by atoms with E-state index in [1.807, 2.05) is 0 Å². The third-order valence-corrected chi connectivity index (χ3v) is 5.99. The molecule has 1 saturated heterocycles. The Morgan fingerprint density at radius 2 is 1.57 bits per heavy atom. The predicted molar refractivity (Wildman–Crippen MR) is 123 cm³/mol. The molecule has 1 aliphatic heterocycles. The Bertz CT molecular complexity index is 588. The van der Waals surface area contributed by atoms with Gasteiger partial charge in [-0.2, -0.15) is 0 Å². The van der Waals surface area contributed by atoms with Gasteiger partial charge in [0.15, 0.2) is 0 Å². The molecule has 0 saturated carbocycles. The van der Waals surface area contributed by atoms with Crippen LogP contribution in [-0.4, -0.2) is 74.1 Å². The number of amides is 1. The number of hydrogen-bond donors (Lipinski definition) is 1. The quantitative estimate of drug-likeness (QED) is 0.437. The Morgan fingerprint density at radius 1 is 0.967 bits per heavy atom. The van der Waals surface area contributed by atoms with E-state index in [-0.39, 0.29) is 5.91 Å². The van der Waals surface area contributed by atoms with Crippen LogP contribution in [0.3, 0.4) is 0 Å². The largest absolute Gasteiger partial charge is 0.480 e. The first kappa shape index (κ1) is 24.6. The molecule has 1 fully saturated rings. The van der Waals surface area contributed by atoms with E-state index in [1.165, 1.54) is 97.6 Å². The van der Waals surface area contributed by atoms with Crippen molar-refractivity contribution in [2.24, 2.45) is 0 Å². The third kappa shape index (κ3) is 9.90. The van der Waals surface area contributed by atoms with Crippen molar-refractivity contribution in [3.63, 3.8) is 0 Å². The second-order valence-electron chi connectivity index (χ2n) is 8.50. The number of pyridine rings is 1. The van der Waals surface area contributed by atoms with Gasteiger partial charge in [-0.05, 0) is 38.6 Å². The van der Waals surface area contributed by atoms with Crippen LogP contribution in [-0.2, 0) is 0 Å². The van der Waals surface area contributed by atoms with Gasteiger partial charge < -0.3 is 19.9 Å². The molecule has 6 heteroatoms. The van der Waals surface area contributed by atoms with Crippen LogP contribution in [0, 0.1) is 0 Å². The standard InChI is InChI=1S/C24H42N4O2/c1-27-18-20-28(21-19-27)17-12-10-8-6-4-3-5-7-9-11-15-25-23(29)22-14-13-16-26-24(22)30-2/h13-14,16H,3-12,15,17-21H2,1-2H3,(H,25,29). The average Bonchev–Trinajstić information content (AvgIpc) is 2.78. The Kier molecular flexibility index (Phi) is 12.5. The molecule has 2 rings (SSSR count). The fraction of sp³-hybridized carbons (Fsp3) is 0.750. The maximum atomic E-state index is 12.2. The van der Waals surface area contributed by atoms with Crippen LogP contribution in [0.4, 0.5) is 0 Å². The number of aromatic nitrogens is 1. The number of rotatable bonds is 15. The predicted octanol–water partition coefficient (Wildman–Crippen LogP) is 3.97. The van der Waals surface area contributed by atoms with Crippen LogP contribution in [0.15, 0.2) is 18.3 Å². The molecule has 2 heterocycles. The fourth-order valence-corrected chi connectivity index (χ4v) is 3.97. The van der Waals surface area contributed by atoms with Crippen molar-refractivity contribution in [1.29, 1.82) is 0 Å². The highest BCUT2D eigenvalue weighted by Crippen LogP contribution is 2.14. The number of carbonyl (C=O) groups excluding carboxylic acids is 1. The van der Waals surface area contributed by atoms with Gasteiger partial charge in [-0.25, -0.2) is 4.98 Å². The second-order valence-corrected chi connectivity index (χ2v) is 8.50. The van der Waals surface area contributed by atoms with Crippen LogP contribution >= 0.6 is 0 Å². The first-order valence-electron chi connectivity index (χ1n) is 11.9. The first-order chi connectivity index (χ1) is 14.7. The minimum atomic E-state index is -0.104. The number of hydrogen-bond acceptors (Lipinski definition) is 5. The summed E-state index contributed by atoms with van der Waals surface area (Å²) in [5.41, 5.74) is 0.503. The molecule has 1 aromatic rings. The number of nitrogens with one attached hydrogen (secondary N) is 1. The number of ether oxygens (including phenoxy) is 1. The molecule has 0 spiro atoms. The molecule has 1 amide bonds. The highest BCUT2D eigenvalue weighted by Gasteiger charge is 2.13. The van der Waals surface area contributed by atoms with Gasteiger partial charge in [0.2, 0.25) is 5.88 Å². The number of likely N-dealkylation sites (N-methyl/N-ethyl adjacent to an activating group) is 1. The van der Waals surface area contributed by atoms with Crippen LogP contribution < -0.4 is 10.1 Å². The van der Waals surface area contributed by atoms with Crippen molar-refractivity contribution in [2.45, 2.75) is 64.2 Å². The summed E-state index contributed by atoms with van der Waals surface area (Å²) in [6.07, 6.45) is 14.6. The fourth-order valence-electron chi connectivity index (χ4n) is 3.97. The Labute approximate surface area is 183 Å². The van der Waals surface area contributed by atoms with Gasteiger partial charge in [0.25, 0.3) is 5.91 Å². The van der Waals surface area contributed by atoms with E-state index in [2.05, 4.69) is 27.1 Å².